The Kier molecular flexibility index (Phi) is 46.1. The van der Waals surface area contributed by atoms with Gasteiger partial charge in [-0.1, -0.05) is 180 Å². The van der Waals surface area contributed by atoms with E-state index in [2.05, 4.69) is 29.8 Å². The van der Waals surface area contributed by atoms with Crippen LogP contribution in [0, 0.1) is 0 Å². The number of hydrogen-bond acceptors (Lipinski definition) is 31. The Labute approximate surface area is 633 Å². The summed E-state index contributed by atoms with van der Waals surface area (Å²) in [5.41, 5.74) is 0. The van der Waals surface area contributed by atoms with Crippen molar-refractivity contribution < 1.29 is 153 Å². The maximum atomic E-state index is 13.8. The summed E-state index contributed by atoms with van der Waals surface area (Å²) in [4.78, 5) is 53.0. The Hall–Kier alpha value is -3.46. The van der Waals surface area contributed by atoms with Crippen molar-refractivity contribution >= 4 is 23.7 Å². The number of aliphatic hydroxyl groups excluding tert-OH is 16. The van der Waals surface area contributed by atoms with Crippen LogP contribution in [0.25, 0.3) is 0 Å². The van der Waals surface area contributed by atoms with Gasteiger partial charge >= 0.3 is 5.97 Å². The molecule has 5 heterocycles. The van der Waals surface area contributed by atoms with Crippen molar-refractivity contribution in [1.82, 2.24) is 22.1 Å². The number of unbranched alkanes of at least 4 members (excludes halogenated alkanes) is 25. The zero-order chi connectivity index (χ0) is 78.8. The van der Waals surface area contributed by atoms with Crippen molar-refractivity contribution in [3.63, 3.8) is 0 Å². The number of hydrogen-bond donors (Lipinski definition) is 21. The van der Waals surface area contributed by atoms with Crippen LogP contribution in [0.3, 0.4) is 0 Å². The number of amides is 3. The SMILES string of the molecule is CCCCCCCCCCCCCC=CC(O)C(COC1OC(CO)C(OC2OC(CO)C(OC3OC(CO)C(O)C(OC4OC(CO)C(O)C(O)C4O)C3NC(C)=O)C(OC3(C(=O)O)CC(O)C(NC(C)=O)C(C(O)C(O)CO)O3)C2O)C(O)C1O)NC(=O)CCCCCCCCCCCCCCCCC.N. The number of aliphatic hydroxyl groups is 16. The third-order valence-corrected chi connectivity index (χ3v) is 20.6. The van der Waals surface area contributed by atoms with Gasteiger partial charge in [-0.2, -0.15) is 0 Å². The topological polar surface area (TPSA) is 576 Å². The lowest BCUT2D eigenvalue weighted by molar-refractivity contribution is -0.403. The van der Waals surface area contributed by atoms with E-state index in [0.717, 1.165) is 71.6 Å². The van der Waals surface area contributed by atoms with Crippen LogP contribution in [0.5, 0.6) is 0 Å². The molecule has 28 atom stereocenters. The van der Waals surface area contributed by atoms with Gasteiger partial charge in [-0.3, -0.25) is 14.4 Å². The van der Waals surface area contributed by atoms with Gasteiger partial charge in [-0.25, -0.2) is 4.79 Å². The zero-order valence-corrected chi connectivity index (χ0v) is 63.5. The van der Waals surface area contributed by atoms with Gasteiger partial charge in [0.25, 0.3) is 5.79 Å². The van der Waals surface area contributed by atoms with E-state index in [9.17, 15) is 106 Å². The molecule has 5 rings (SSSR count). The number of nitrogens with one attached hydrogen (secondary N) is 3. The van der Waals surface area contributed by atoms with E-state index in [1.54, 1.807) is 6.08 Å². The highest BCUT2D eigenvalue weighted by molar-refractivity contribution is 5.77. The lowest BCUT2D eigenvalue weighted by Crippen LogP contribution is -2.72. The molecule has 632 valence electrons. The Morgan fingerprint density at radius 3 is 1.44 bits per heavy atom. The monoisotopic (exact) mass is 1560 g/mol. The molecule has 5 saturated heterocycles. The second-order valence-electron chi connectivity index (χ2n) is 29.3. The fraction of sp³-hybridized carbons (Fsp3) is 0.918. The molecule has 23 N–H and O–H groups in total. The van der Waals surface area contributed by atoms with E-state index in [-0.39, 0.29) is 18.5 Å². The molecule has 5 fully saturated rings. The maximum Gasteiger partial charge on any atom is 0.364 e. The van der Waals surface area contributed by atoms with Crippen molar-refractivity contribution in [2.24, 2.45) is 0 Å². The Balaban J connectivity index is 0.0000246. The molecule has 108 heavy (non-hydrogen) atoms. The molecule has 0 bridgehead atoms. The zero-order valence-electron chi connectivity index (χ0n) is 63.5. The number of carboxylic acid groups (broad SMARTS) is 1. The molecule has 0 radical (unpaired) electrons. The summed E-state index contributed by atoms with van der Waals surface area (Å²) in [6, 6.07) is -4.81. The van der Waals surface area contributed by atoms with Gasteiger partial charge in [0.1, 0.15) is 116 Å². The molecule has 0 aliphatic carbocycles. The number of carboxylic acids is 1. The molecule has 3 amide bonds. The van der Waals surface area contributed by atoms with Crippen LogP contribution >= 0.6 is 0 Å². The van der Waals surface area contributed by atoms with Crippen molar-refractivity contribution in [1.29, 1.82) is 0 Å². The molecule has 5 aliphatic heterocycles. The number of allylic oxidation sites excluding steroid dienone is 1. The highest BCUT2D eigenvalue weighted by Crippen LogP contribution is 2.41. The predicted molar refractivity (Wildman–Crippen MR) is 383 cm³/mol. The molecule has 0 spiro atoms. The smallest absolute Gasteiger partial charge is 0.364 e. The Morgan fingerprint density at radius 2 is 0.926 bits per heavy atom. The minimum Gasteiger partial charge on any atom is -0.477 e. The van der Waals surface area contributed by atoms with Crippen molar-refractivity contribution in [3.8, 4) is 0 Å². The highest BCUT2D eigenvalue weighted by atomic mass is 16.8. The molecule has 35 nitrogen and oxygen atoms in total. The van der Waals surface area contributed by atoms with Gasteiger partial charge in [0.05, 0.1) is 63.9 Å². The van der Waals surface area contributed by atoms with E-state index in [4.69, 9.17) is 47.4 Å². The van der Waals surface area contributed by atoms with Crippen molar-refractivity contribution in [3.05, 3.63) is 12.2 Å². The summed E-state index contributed by atoms with van der Waals surface area (Å²) >= 11 is 0. The quantitative estimate of drug-likeness (QED) is 0.0260. The molecule has 0 aromatic heterocycles. The van der Waals surface area contributed by atoms with Gasteiger partial charge in [0, 0.05) is 26.7 Å². The molecule has 5 aliphatic rings. The fourth-order valence-electron chi connectivity index (χ4n) is 14.3. The Morgan fingerprint density at radius 1 is 0.491 bits per heavy atom. The normalized spacial score (nSPS) is 34.3. The van der Waals surface area contributed by atoms with E-state index >= 15 is 0 Å². The van der Waals surface area contributed by atoms with E-state index < -0.39 is 235 Å². The third-order valence-electron chi connectivity index (χ3n) is 20.6. The summed E-state index contributed by atoms with van der Waals surface area (Å²) in [5.74, 6) is -7.71. The summed E-state index contributed by atoms with van der Waals surface area (Å²) in [7, 11) is 0. The van der Waals surface area contributed by atoms with Crippen LogP contribution < -0.4 is 22.1 Å². The molecule has 0 aromatic carbocycles. The van der Waals surface area contributed by atoms with Crippen LogP contribution in [-0.2, 0) is 66.5 Å². The van der Waals surface area contributed by atoms with E-state index in [1.165, 1.54) is 103 Å². The van der Waals surface area contributed by atoms with Gasteiger partial charge < -0.3 is 156 Å². The molecule has 35 heteroatoms. The highest BCUT2D eigenvalue weighted by Gasteiger charge is 2.62. The van der Waals surface area contributed by atoms with Crippen LogP contribution in [0.4, 0.5) is 0 Å². The van der Waals surface area contributed by atoms with Crippen LogP contribution in [0.1, 0.15) is 214 Å². The van der Waals surface area contributed by atoms with Gasteiger partial charge in [-0.15, -0.1) is 0 Å². The molecular weight excluding hydrogens is 1430 g/mol. The standard InChI is InChI=1S/C73H131N3O31.H3N/c1-5-7-9-11-13-15-17-19-20-22-24-26-28-30-32-34-52(87)76-44(45(84)33-31-29-27-25-23-21-18-16-14-12-10-8-6-2)41-98-69-61(94)59(92)63(50(39-80)101-69)103-71-62(95)67(107-73(72(96)97)35-46(85)53(74-42(3)82)66(106-73)55(88)47(86)36-77)64(51(40-81)102-71)104-68-54(75-43(4)83)65(57(90)49(38-79)99-68)105-70-60(93)58(91)56(89)48(37-78)100-70;/h31,33,44-51,53-71,77-81,84-86,88-95H,5-30,32,34-41H2,1-4H3,(H,74,82)(H,75,83)(H,76,87)(H,96,97);1H3. The second-order valence-corrected chi connectivity index (χ2v) is 29.3. The summed E-state index contributed by atoms with van der Waals surface area (Å²) in [5, 5.41) is 197. The second kappa shape index (κ2) is 51.4. The van der Waals surface area contributed by atoms with Crippen LogP contribution in [0.2, 0.25) is 0 Å². The van der Waals surface area contributed by atoms with Crippen molar-refractivity contribution in [2.45, 2.75) is 385 Å². The van der Waals surface area contributed by atoms with Crippen LogP contribution in [-0.4, -0.2) is 321 Å². The average Bonchev–Trinajstić information content (AvgIpc) is 0.750. The first-order valence-electron chi connectivity index (χ1n) is 39.1. The summed E-state index contributed by atoms with van der Waals surface area (Å²) < 4.78 is 60.1. The average molecular weight is 1560 g/mol. The number of ether oxygens (including phenoxy) is 10. The number of carbonyl (C=O) groups excluding carboxylic acids is 3. The first kappa shape index (κ1) is 96.9. The number of aliphatic carboxylic acids is 1. The minimum absolute atomic E-state index is 0. The number of rotatable bonds is 52. The van der Waals surface area contributed by atoms with Gasteiger partial charge in [0.15, 0.2) is 25.2 Å². The fourth-order valence-corrected chi connectivity index (χ4v) is 14.3. The first-order chi connectivity index (χ1) is 51.3. The summed E-state index contributed by atoms with van der Waals surface area (Å²) in [6.07, 6.45) is -16.8. The Bertz CT molecular complexity index is 2510. The van der Waals surface area contributed by atoms with Crippen molar-refractivity contribution in [2.75, 3.05) is 39.6 Å². The number of carbonyl (C=O) groups is 4. The van der Waals surface area contributed by atoms with Gasteiger partial charge in [0.2, 0.25) is 17.7 Å². The van der Waals surface area contributed by atoms with Gasteiger partial charge in [-0.05, 0) is 19.3 Å². The maximum absolute atomic E-state index is 13.8. The minimum atomic E-state index is -3.38. The van der Waals surface area contributed by atoms with Crippen LogP contribution in [0.15, 0.2) is 12.2 Å². The van der Waals surface area contributed by atoms with E-state index in [0.29, 0.717) is 12.8 Å². The summed E-state index contributed by atoms with van der Waals surface area (Å²) in [6.45, 7) is 0.317. The lowest BCUT2D eigenvalue weighted by atomic mass is 9.88. The molecule has 0 saturated carbocycles. The largest absolute Gasteiger partial charge is 0.477 e. The first-order valence-corrected chi connectivity index (χ1v) is 39.1. The molecule has 0 aromatic rings. The van der Waals surface area contributed by atoms with E-state index in [1.807, 2.05) is 6.08 Å². The third kappa shape index (κ3) is 29.7. The molecule has 28 unspecified atom stereocenters. The lowest BCUT2D eigenvalue weighted by Gasteiger charge is -2.52. The predicted octanol–water partition coefficient (Wildman–Crippen LogP) is -0.880. The molecular formula is C73H134N4O31.